The van der Waals surface area contributed by atoms with Gasteiger partial charge in [0.25, 0.3) is 5.91 Å². The summed E-state index contributed by atoms with van der Waals surface area (Å²) in [5.41, 5.74) is 4.71. The molecule has 0 saturated carbocycles. The zero-order valence-corrected chi connectivity index (χ0v) is 23.1. The standard InChI is InChI=1S/C32H37FN2O3/c1-20-10-7-11-21(2)28(20)31(37)35-17-9-14-25(29(35)22-15-16-27(38-6)26(33)18-22)30(36)34-24-13-8-12-23(19-24)32(3,4)5/h7-8,10-13,15-16,18-19,25,29H,9,14,17H2,1-6H3,(H,34,36)/t25?,29-/m0/s1. The van der Waals surface area contributed by atoms with Crippen LogP contribution in [0.15, 0.2) is 60.7 Å². The van der Waals surface area contributed by atoms with Crippen molar-refractivity contribution < 1.29 is 18.7 Å². The molecular formula is C32H37FN2O3. The monoisotopic (exact) mass is 516 g/mol. The van der Waals surface area contributed by atoms with Crippen LogP contribution in [0.25, 0.3) is 0 Å². The number of carbonyl (C=O) groups is 2. The summed E-state index contributed by atoms with van der Waals surface area (Å²) < 4.78 is 20.0. The highest BCUT2D eigenvalue weighted by Gasteiger charge is 2.40. The van der Waals surface area contributed by atoms with Crippen molar-refractivity contribution in [2.45, 2.75) is 58.9 Å². The molecule has 0 radical (unpaired) electrons. The van der Waals surface area contributed by atoms with Crippen molar-refractivity contribution in [2.24, 2.45) is 5.92 Å². The Bertz CT molecular complexity index is 1320. The van der Waals surface area contributed by atoms with E-state index in [0.717, 1.165) is 16.7 Å². The predicted octanol–water partition coefficient (Wildman–Crippen LogP) is 6.98. The highest BCUT2D eigenvalue weighted by molar-refractivity contribution is 5.99. The lowest BCUT2D eigenvalue weighted by atomic mass is 9.82. The Labute approximate surface area is 225 Å². The van der Waals surface area contributed by atoms with Gasteiger partial charge in [-0.25, -0.2) is 4.39 Å². The summed E-state index contributed by atoms with van der Waals surface area (Å²) in [6.07, 6.45) is 1.26. The smallest absolute Gasteiger partial charge is 0.254 e. The van der Waals surface area contributed by atoms with E-state index in [0.29, 0.717) is 36.2 Å². The normalized spacial score (nSPS) is 17.7. The minimum Gasteiger partial charge on any atom is -0.494 e. The van der Waals surface area contributed by atoms with E-state index in [1.54, 1.807) is 17.0 Å². The lowest BCUT2D eigenvalue weighted by Crippen LogP contribution is -2.46. The van der Waals surface area contributed by atoms with Gasteiger partial charge < -0.3 is 15.0 Å². The van der Waals surface area contributed by atoms with Crippen molar-refractivity contribution in [1.29, 1.82) is 0 Å². The topological polar surface area (TPSA) is 58.6 Å². The highest BCUT2D eigenvalue weighted by atomic mass is 19.1. The number of likely N-dealkylation sites (tertiary alicyclic amines) is 1. The number of anilines is 1. The molecule has 6 heteroatoms. The van der Waals surface area contributed by atoms with Crippen LogP contribution in [0, 0.1) is 25.6 Å². The molecule has 1 aliphatic rings. The lowest BCUT2D eigenvalue weighted by Gasteiger charge is -2.41. The third-order valence-electron chi connectivity index (χ3n) is 7.44. The first kappa shape index (κ1) is 27.4. The quantitative estimate of drug-likeness (QED) is 0.398. The van der Waals surface area contributed by atoms with Gasteiger partial charge in [0.2, 0.25) is 5.91 Å². The first-order valence-corrected chi connectivity index (χ1v) is 13.1. The summed E-state index contributed by atoms with van der Waals surface area (Å²) in [6.45, 7) is 10.7. The Morgan fingerprint density at radius 1 is 1.00 bits per heavy atom. The molecule has 1 saturated heterocycles. The maximum absolute atomic E-state index is 14.9. The Hall–Kier alpha value is -3.67. The number of hydrogen-bond donors (Lipinski definition) is 1. The number of halogens is 1. The van der Waals surface area contributed by atoms with Gasteiger partial charge in [0, 0.05) is 17.8 Å². The number of nitrogens with zero attached hydrogens (tertiary/aromatic N) is 1. The number of amides is 2. The summed E-state index contributed by atoms with van der Waals surface area (Å²) in [7, 11) is 1.41. The van der Waals surface area contributed by atoms with Gasteiger partial charge in [0.15, 0.2) is 11.6 Å². The van der Waals surface area contributed by atoms with E-state index in [2.05, 4.69) is 26.1 Å². The van der Waals surface area contributed by atoms with Gasteiger partial charge in [-0.2, -0.15) is 0 Å². The number of piperidine rings is 1. The Morgan fingerprint density at radius 3 is 2.32 bits per heavy atom. The average Bonchev–Trinajstić information content (AvgIpc) is 2.87. The molecule has 1 fully saturated rings. The molecule has 5 nitrogen and oxygen atoms in total. The van der Waals surface area contributed by atoms with Gasteiger partial charge >= 0.3 is 0 Å². The Kier molecular flexibility index (Phi) is 7.91. The molecule has 3 aromatic rings. The molecule has 4 rings (SSSR count). The third-order valence-corrected chi connectivity index (χ3v) is 7.44. The van der Waals surface area contributed by atoms with Crippen LogP contribution in [0.5, 0.6) is 5.75 Å². The first-order chi connectivity index (χ1) is 18.0. The van der Waals surface area contributed by atoms with E-state index in [4.69, 9.17) is 4.74 Å². The molecule has 1 N–H and O–H groups in total. The molecule has 0 aromatic heterocycles. The van der Waals surface area contributed by atoms with E-state index in [-0.39, 0.29) is 23.0 Å². The number of nitrogens with one attached hydrogen (secondary N) is 1. The zero-order chi connectivity index (χ0) is 27.6. The second kappa shape index (κ2) is 11.0. The van der Waals surface area contributed by atoms with Crippen molar-refractivity contribution >= 4 is 17.5 Å². The number of benzene rings is 3. The second-order valence-electron chi connectivity index (χ2n) is 11.2. The molecule has 0 aliphatic carbocycles. The van der Waals surface area contributed by atoms with Crippen molar-refractivity contribution in [1.82, 2.24) is 4.90 Å². The van der Waals surface area contributed by atoms with Crippen molar-refractivity contribution in [3.05, 3.63) is 94.3 Å². The number of ether oxygens (including phenoxy) is 1. The summed E-state index contributed by atoms with van der Waals surface area (Å²) in [5, 5.41) is 3.09. The first-order valence-electron chi connectivity index (χ1n) is 13.1. The summed E-state index contributed by atoms with van der Waals surface area (Å²) >= 11 is 0. The molecule has 1 aliphatic heterocycles. The van der Waals surface area contributed by atoms with Gasteiger partial charge in [-0.05, 0) is 78.6 Å². The van der Waals surface area contributed by atoms with Crippen LogP contribution in [0.4, 0.5) is 10.1 Å². The van der Waals surface area contributed by atoms with E-state index in [9.17, 15) is 14.0 Å². The van der Waals surface area contributed by atoms with Crippen LogP contribution >= 0.6 is 0 Å². The van der Waals surface area contributed by atoms with Gasteiger partial charge in [-0.15, -0.1) is 0 Å². The molecule has 0 spiro atoms. The minimum absolute atomic E-state index is 0.0661. The maximum atomic E-state index is 14.9. The molecule has 3 aromatic carbocycles. The second-order valence-corrected chi connectivity index (χ2v) is 11.2. The van der Waals surface area contributed by atoms with Crippen LogP contribution in [0.1, 0.15) is 72.3 Å². The molecule has 1 unspecified atom stereocenters. The van der Waals surface area contributed by atoms with Gasteiger partial charge in [-0.3, -0.25) is 9.59 Å². The number of aryl methyl sites for hydroxylation is 2. The van der Waals surface area contributed by atoms with Crippen LogP contribution in [0.2, 0.25) is 0 Å². The van der Waals surface area contributed by atoms with Gasteiger partial charge in [0.05, 0.1) is 19.1 Å². The van der Waals surface area contributed by atoms with E-state index in [1.807, 2.05) is 56.3 Å². The van der Waals surface area contributed by atoms with Crippen LogP contribution in [0.3, 0.4) is 0 Å². The third kappa shape index (κ3) is 5.59. The van der Waals surface area contributed by atoms with E-state index >= 15 is 0 Å². The summed E-state index contributed by atoms with van der Waals surface area (Å²) in [4.78, 5) is 29.5. The largest absolute Gasteiger partial charge is 0.494 e. The minimum atomic E-state index is -0.624. The fraction of sp³-hybridized carbons (Fsp3) is 0.375. The molecule has 0 bridgehead atoms. The molecule has 2 amide bonds. The highest BCUT2D eigenvalue weighted by Crippen LogP contribution is 2.40. The van der Waals surface area contributed by atoms with Crippen molar-refractivity contribution in [3.8, 4) is 5.75 Å². The Morgan fingerprint density at radius 2 is 1.68 bits per heavy atom. The van der Waals surface area contributed by atoms with Crippen molar-refractivity contribution in [3.63, 3.8) is 0 Å². The number of hydrogen-bond acceptors (Lipinski definition) is 3. The van der Waals surface area contributed by atoms with Gasteiger partial charge in [-0.1, -0.05) is 57.2 Å². The molecule has 200 valence electrons. The van der Waals surface area contributed by atoms with E-state index < -0.39 is 17.8 Å². The molecule has 1 heterocycles. The summed E-state index contributed by atoms with van der Waals surface area (Å²) in [5.74, 6) is -1.28. The maximum Gasteiger partial charge on any atom is 0.254 e. The fourth-order valence-electron chi connectivity index (χ4n) is 5.37. The predicted molar refractivity (Wildman–Crippen MR) is 149 cm³/mol. The van der Waals surface area contributed by atoms with Crippen molar-refractivity contribution in [2.75, 3.05) is 19.0 Å². The van der Waals surface area contributed by atoms with Gasteiger partial charge in [0.1, 0.15) is 0 Å². The van der Waals surface area contributed by atoms with E-state index in [1.165, 1.54) is 13.2 Å². The molecule has 38 heavy (non-hydrogen) atoms. The average molecular weight is 517 g/mol. The Balaban J connectivity index is 1.74. The van der Waals surface area contributed by atoms with Crippen LogP contribution in [-0.2, 0) is 10.2 Å². The number of methoxy groups -OCH3 is 1. The fourth-order valence-corrected chi connectivity index (χ4v) is 5.37. The number of carbonyl (C=O) groups excluding carboxylic acids is 2. The molecular weight excluding hydrogens is 479 g/mol. The van der Waals surface area contributed by atoms with Crippen LogP contribution in [-0.4, -0.2) is 30.4 Å². The zero-order valence-electron chi connectivity index (χ0n) is 23.1. The molecule has 2 atom stereocenters. The number of rotatable bonds is 5. The SMILES string of the molecule is COc1ccc([C@H]2C(C(=O)Nc3cccc(C(C)(C)C)c3)CCCN2C(=O)c2c(C)cccc2C)cc1F. The lowest BCUT2D eigenvalue weighted by molar-refractivity contribution is -0.123. The van der Waals surface area contributed by atoms with Crippen LogP contribution < -0.4 is 10.1 Å². The summed E-state index contributed by atoms with van der Waals surface area (Å²) in [6, 6.07) is 17.7.